The molecule has 2 rings (SSSR count). The number of carbonyl (C=O) groups is 1. The second-order valence-corrected chi connectivity index (χ2v) is 6.00. The number of hydrogen-bond acceptors (Lipinski definition) is 4. The van der Waals surface area contributed by atoms with E-state index in [2.05, 4.69) is 29.1 Å². The average molecular weight is 290 g/mol. The highest BCUT2D eigenvalue weighted by Crippen LogP contribution is 2.18. The summed E-state index contributed by atoms with van der Waals surface area (Å²) < 4.78 is 0. The Bertz CT molecular complexity index is 489. The fraction of sp³-hybridized carbons (Fsp3) is 0.688. The van der Waals surface area contributed by atoms with Gasteiger partial charge in [-0.3, -0.25) is 4.79 Å². The van der Waals surface area contributed by atoms with Crippen LogP contribution in [0.4, 0.5) is 5.95 Å². The molecule has 0 aromatic carbocycles. The van der Waals surface area contributed by atoms with Crippen molar-refractivity contribution in [2.75, 3.05) is 25.0 Å². The Balaban J connectivity index is 2.09. The molecule has 1 saturated heterocycles. The number of nitrogens with zero attached hydrogens (tertiary/aromatic N) is 3. The minimum atomic E-state index is 0.0330. The van der Waals surface area contributed by atoms with E-state index in [1.807, 2.05) is 11.8 Å². The van der Waals surface area contributed by atoms with Crippen LogP contribution in [0.25, 0.3) is 0 Å². The zero-order chi connectivity index (χ0) is 15.2. The molecule has 0 radical (unpaired) electrons. The molecule has 1 unspecified atom stereocenters. The van der Waals surface area contributed by atoms with Crippen molar-refractivity contribution in [2.24, 2.45) is 5.92 Å². The third kappa shape index (κ3) is 4.41. The number of likely N-dealkylation sites (tertiary alicyclic amines) is 1. The van der Waals surface area contributed by atoms with Crippen LogP contribution in [0.1, 0.15) is 55.7 Å². The predicted octanol–water partition coefficient (Wildman–Crippen LogP) is 2.87. The highest BCUT2D eigenvalue weighted by molar-refractivity contribution is 5.92. The molecule has 0 aliphatic carbocycles. The van der Waals surface area contributed by atoms with Gasteiger partial charge in [-0.15, -0.1) is 0 Å². The largest absolute Gasteiger partial charge is 0.354 e. The van der Waals surface area contributed by atoms with E-state index in [1.54, 1.807) is 6.07 Å². The maximum Gasteiger partial charge on any atom is 0.272 e. The molecule has 1 amide bonds. The topological polar surface area (TPSA) is 58.1 Å². The number of hydrogen-bond donors (Lipinski definition) is 1. The quantitative estimate of drug-likeness (QED) is 0.847. The summed E-state index contributed by atoms with van der Waals surface area (Å²) in [6, 6.07) is 1.78. The van der Waals surface area contributed by atoms with Crippen molar-refractivity contribution in [2.45, 2.75) is 46.5 Å². The van der Waals surface area contributed by atoms with Crippen LogP contribution in [0, 0.1) is 12.8 Å². The minimum Gasteiger partial charge on any atom is -0.354 e. The Morgan fingerprint density at radius 1 is 1.48 bits per heavy atom. The number of carbonyl (C=O) groups excluding carboxylic acids is 1. The Hall–Kier alpha value is -1.65. The van der Waals surface area contributed by atoms with E-state index in [-0.39, 0.29) is 5.91 Å². The first-order chi connectivity index (χ1) is 10.1. The summed E-state index contributed by atoms with van der Waals surface area (Å²) in [5.74, 6) is 1.18. The number of unbranched alkanes of at least 4 members (excludes halogenated alkanes) is 1. The van der Waals surface area contributed by atoms with E-state index in [4.69, 9.17) is 0 Å². The number of amides is 1. The standard InChI is InChI=1S/C16H26N4O/c1-4-5-8-17-16-18-13(3)10-14(19-16)15(21)20-9-6-7-12(2)11-20/h10,12H,4-9,11H2,1-3H3,(H,17,18,19). The summed E-state index contributed by atoms with van der Waals surface area (Å²) in [4.78, 5) is 23.3. The van der Waals surface area contributed by atoms with Gasteiger partial charge in [0.2, 0.25) is 5.95 Å². The van der Waals surface area contributed by atoms with Crippen LogP contribution in [-0.2, 0) is 0 Å². The monoisotopic (exact) mass is 290 g/mol. The Kier molecular flexibility index (Phi) is 5.53. The van der Waals surface area contributed by atoms with E-state index >= 15 is 0 Å². The molecule has 1 aromatic heterocycles. The van der Waals surface area contributed by atoms with Crippen LogP contribution < -0.4 is 5.32 Å². The molecule has 1 aliphatic heterocycles. The summed E-state index contributed by atoms with van der Waals surface area (Å²) in [5.41, 5.74) is 1.34. The van der Waals surface area contributed by atoms with E-state index in [0.717, 1.165) is 44.6 Å². The van der Waals surface area contributed by atoms with Gasteiger partial charge in [0.05, 0.1) is 0 Å². The zero-order valence-electron chi connectivity index (χ0n) is 13.4. The molecule has 5 heteroatoms. The number of aromatic nitrogens is 2. The lowest BCUT2D eigenvalue weighted by Gasteiger charge is -2.30. The van der Waals surface area contributed by atoms with Gasteiger partial charge in [-0.1, -0.05) is 20.3 Å². The molecule has 21 heavy (non-hydrogen) atoms. The van der Waals surface area contributed by atoms with Gasteiger partial charge in [-0.2, -0.15) is 0 Å². The van der Waals surface area contributed by atoms with Crippen molar-refractivity contribution in [3.8, 4) is 0 Å². The van der Waals surface area contributed by atoms with E-state index < -0.39 is 0 Å². The van der Waals surface area contributed by atoms with Crippen LogP contribution in [0.15, 0.2) is 6.07 Å². The van der Waals surface area contributed by atoms with Crippen molar-refractivity contribution in [3.05, 3.63) is 17.5 Å². The Morgan fingerprint density at radius 3 is 3.00 bits per heavy atom. The van der Waals surface area contributed by atoms with Crippen molar-refractivity contribution in [1.29, 1.82) is 0 Å². The fourth-order valence-electron chi connectivity index (χ4n) is 2.67. The molecule has 5 nitrogen and oxygen atoms in total. The molecule has 0 saturated carbocycles. The average Bonchev–Trinajstić information content (AvgIpc) is 2.46. The third-order valence-corrected chi connectivity index (χ3v) is 3.83. The number of piperidine rings is 1. The molecular formula is C16H26N4O. The normalized spacial score (nSPS) is 18.6. The van der Waals surface area contributed by atoms with E-state index in [9.17, 15) is 4.79 Å². The molecule has 1 aliphatic rings. The van der Waals surface area contributed by atoms with Crippen LogP contribution in [-0.4, -0.2) is 40.4 Å². The van der Waals surface area contributed by atoms with Crippen LogP contribution in [0.5, 0.6) is 0 Å². The molecule has 0 bridgehead atoms. The van der Waals surface area contributed by atoms with Crippen molar-refractivity contribution >= 4 is 11.9 Å². The molecule has 0 spiro atoms. The summed E-state index contributed by atoms with van der Waals surface area (Å²) in [6.45, 7) is 8.76. The maximum absolute atomic E-state index is 12.6. The summed E-state index contributed by atoms with van der Waals surface area (Å²) in [6.07, 6.45) is 4.48. The van der Waals surface area contributed by atoms with Crippen molar-refractivity contribution in [1.82, 2.24) is 14.9 Å². The first-order valence-corrected chi connectivity index (χ1v) is 7.99. The van der Waals surface area contributed by atoms with Gasteiger partial charge >= 0.3 is 0 Å². The highest BCUT2D eigenvalue weighted by Gasteiger charge is 2.23. The van der Waals surface area contributed by atoms with E-state index in [0.29, 0.717) is 17.6 Å². The lowest BCUT2D eigenvalue weighted by molar-refractivity contribution is 0.0677. The SMILES string of the molecule is CCCCNc1nc(C)cc(C(=O)N2CCCC(C)C2)n1. The van der Waals surface area contributed by atoms with Crippen LogP contribution >= 0.6 is 0 Å². The fourth-order valence-corrected chi connectivity index (χ4v) is 2.67. The van der Waals surface area contributed by atoms with Crippen LogP contribution in [0.3, 0.4) is 0 Å². The van der Waals surface area contributed by atoms with Crippen LogP contribution in [0.2, 0.25) is 0 Å². The lowest BCUT2D eigenvalue weighted by atomic mass is 10.00. The summed E-state index contributed by atoms with van der Waals surface area (Å²) >= 11 is 0. The van der Waals surface area contributed by atoms with Gasteiger partial charge in [-0.25, -0.2) is 9.97 Å². The number of anilines is 1. The van der Waals surface area contributed by atoms with Gasteiger partial charge in [0.1, 0.15) is 5.69 Å². The molecule has 116 valence electrons. The van der Waals surface area contributed by atoms with Gasteiger partial charge in [0.15, 0.2) is 0 Å². The van der Waals surface area contributed by atoms with Crippen molar-refractivity contribution < 1.29 is 4.79 Å². The molecule has 2 heterocycles. The van der Waals surface area contributed by atoms with Crippen molar-refractivity contribution in [3.63, 3.8) is 0 Å². The molecule has 1 N–H and O–H groups in total. The number of aryl methyl sites for hydroxylation is 1. The van der Waals surface area contributed by atoms with Gasteiger partial charge < -0.3 is 10.2 Å². The summed E-state index contributed by atoms with van der Waals surface area (Å²) in [5, 5.41) is 3.20. The number of rotatable bonds is 5. The highest BCUT2D eigenvalue weighted by atomic mass is 16.2. The molecule has 1 atom stereocenters. The van der Waals surface area contributed by atoms with E-state index in [1.165, 1.54) is 6.42 Å². The second-order valence-electron chi connectivity index (χ2n) is 6.00. The number of nitrogens with one attached hydrogen (secondary N) is 1. The lowest BCUT2D eigenvalue weighted by Crippen LogP contribution is -2.39. The summed E-state index contributed by atoms with van der Waals surface area (Å²) in [7, 11) is 0. The third-order valence-electron chi connectivity index (χ3n) is 3.83. The van der Waals surface area contributed by atoms with Gasteiger partial charge in [0.25, 0.3) is 5.91 Å². The molecular weight excluding hydrogens is 264 g/mol. The first-order valence-electron chi connectivity index (χ1n) is 7.99. The predicted molar refractivity (Wildman–Crippen MR) is 84.5 cm³/mol. The maximum atomic E-state index is 12.6. The Morgan fingerprint density at radius 2 is 2.29 bits per heavy atom. The second kappa shape index (κ2) is 7.38. The smallest absolute Gasteiger partial charge is 0.272 e. The minimum absolute atomic E-state index is 0.0330. The molecule has 1 aromatic rings. The Labute approximate surface area is 127 Å². The first kappa shape index (κ1) is 15.7. The van der Waals surface area contributed by atoms with Gasteiger partial charge in [0, 0.05) is 25.3 Å². The molecule has 1 fully saturated rings. The zero-order valence-corrected chi connectivity index (χ0v) is 13.4. The van der Waals surface area contributed by atoms with Gasteiger partial charge in [-0.05, 0) is 38.2 Å².